The number of nitrogens with zero attached hydrogens (tertiary/aromatic N) is 2. The van der Waals surface area contributed by atoms with Crippen LogP contribution < -0.4 is 4.90 Å². The van der Waals surface area contributed by atoms with Crippen molar-refractivity contribution in [3.8, 4) is 6.07 Å². The number of anilines is 1. The van der Waals surface area contributed by atoms with Gasteiger partial charge in [0, 0.05) is 12.7 Å². The molecule has 0 aliphatic rings. The van der Waals surface area contributed by atoms with Crippen molar-refractivity contribution in [3.05, 3.63) is 41.6 Å². The molecule has 0 aliphatic heterocycles. The molecular weight excluding hydrogens is 196 g/mol. The lowest BCUT2D eigenvalue weighted by Gasteiger charge is -2.17. The van der Waals surface area contributed by atoms with Crippen LogP contribution in [-0.4, -0.2) is 7.05 Å². The minimum Gasteiger partial charge on any atom is -0.351 e. The van der Waals surface area contributed by atoms with Crippen LogP contribution >= 0.6 is 0 Å². The SMILES string of the molecule is CCC/C=C/N(C)c1cc(C#N)ccc1C. The van der Waals surface area contributed by atoms with E-state index < -0.39 is 0 Å². The predicted octanol–water partition coefficient (Wildman–Crippen LogP) is 3.62. The Hall–Kier alpha value is -1.75. The van der Waals surface area contributed by atoms with Gasteiger partial charge in [-0.3, -0.25) is 0 Å². The number of nitriles is 1. The van der Waals surface area contributed by atoms with E-state index in [-0.39, 0.29) is 0 Å². The number of unbranched alkanes of at least 4 members (excludes halogenated alkanes) is 1. The molecule has 16 heavy (non-hydrogen) atoms. The zero-order valence-electron chi connectivity index (χ0n) is 10.2. The molecule has 0 aromatic heterocycles. The van der Waals surface area contributed by atoms with E-state index in [1.54, 1.807) is 0 Å². The van der Waals surface area contributed by atoms with Crippen molar-refractivity contribution >= 4 is 5.69 Å². The van der Waals surface area contributed by atoms with E-state index in [1.807, 2.05) is 25.2 Å². The molecule has 0 fully saturated rings. The lowest BCUT2D eigenvalue weighted by molar-refractivity contribution is 0.951. The molecule has 2 nitrogen and oxygen atoms in total. The summed E-state index contributed by atoms with van der Waals surface area (Å²) in [5.41, 5.74) is 2.98. The number of hydrogen-bond donors (Lipinski definition) is 0. The molecule has 1 aromatic carbocycles. The van der Waals surface area contributed by atoms with Crippen LogP contribution in [0.3, 0.4) is 0 Å². The van der Waals surface area contributed by atoms with Gasteiger partial charge >= 0.3 is 0 Å². The van der Waals surface area contributed by atoms with E-state index in [4.69, 9.17) is 5.26 Å². The van der Waals surface area contributed by atoms with Gasteiger partial charge in [0.25, 0.3) is 0 Å². The molecular formula is C14H18N2. The smallest absolute Gasteiger partial charge is 0.0992 e. The van der Waals surface area contributed by atoms with Crippen molar-refractivity contribution in [2.24, 2.45) is 0 Å². The minimum absolute atomic E-state index is 0.705. The molecule has 0 unspecified atom stereocenters. The van der Waals surface area contributed by atoms with Gasteiger partial charge in [-0.25, -0.2) is 0 Å². The van der Waals surface area contributed by atoms with E-state index in [9.17, 15) is 0 Å². The zero-order chi connectivity index (χ0) is 12.0. The Labute approximate surface area is 97.8 Å². The quantitative estimate of drug-likeness (QED) is 0.765. The first-order chi connectivity index (χ1) is 7.69. The van der Waals surface area contributed by atoms with Crippen LogP contribution in [0.1, 0.15) is 30.9 Å². The predicted molar refractivity (Wildman–Crippen MR) is 68.3 cm³/mol. The van der Waals surface area contributed by atoms with Crippen LogP contribution in [0, 0.1) is 18.3 Å². The molecule has 0 bridgehead atoms. The van der Waals surface area contributed by atoms with Crippen molar-refractivity contribution in [2.75, 3.05) is 11.9 Å². The highest BCUT2D eigenvalue weighted by atomic mass is 15.1. The van der Waals surface area contributed by atoms with Gasteiger partial charge in [0.2, 0.25) is 0 Å². The molecule has 84 valence electrons. The van der Waals surface area contributed by atoms with Gasteiger partial charge in [0.15, 0.2) is 0 Å². The van der Waals surface area contributed by atoms with Crippen molar-refractivity contribution in [1.82, 2.24) is 0 Å². The van der Waals surface area contributed by atoms with Crippen LogP contribution in [0.4, 0.5) is 5.69 Å². The monoisotopic (exact) mass is 214 g/mol. The fraction of sp³-hybridized carbons (Fsp3) is 0.357. The second-order valence-corrected chi connectivity index (χ2v) is 3.90. The highest BCUT2D eigenvalue weighted by molar-refractivity contribution is 5.58. The zero-order valence-corrected chi connectivity index (χ0v) is 10.2. The average Bonchev–Trinajstić information content (AvgIpc) is 2.30. The van der Waals surface area contributed by atoms with Gasteiger partial charge in [-0.05, 0) is 37.2 Å². The molecule has 0 atom stereocenters. The van der Waals surface area contributed by atoms with E-state index in [0.29, 0.717) is 5.56 Å². The third kappa shape index (κ3) is 3.13. The second kappa shape index (κ2) is 5.97. The molecule has 0 saturated carbocycles. The molecule has 0 spiro atoms. The maximum atomic E-state index is 8.86. The number of allylic oxidation sites excluding steroid dienone is 1. The Morgan fingerprint density at radius 3 is 2.81 bits per heavy atom. The van der Waals surface area contributed by atoms with Crippen LogP contribution in [-0.2, 0) is 0 Å². The largest absolute Gasteiger partial charge is 0.351 e. The van der Waals surface area contributed by atoms with Crippen LogP contribution in [0.25, 0.3) is 0 Å². The molecule has 2 heteroatoms. The summed E-state index contributed by atoms with van der Waals surface area (Å²) < 4.78 is 0. The van der Waals surface area contributed by atoms with Crippen molar-refractivity contribution in [1.29, 1.82) is 5.26 Å². The highest BCUT2D eigenvalue weighted by Gasteiger charge is 2.02. The molecule has 0 N–H and O–H groups in total. The standard InChI is InChI=1S/C14H18N2/c1-4-5-6-9-16(3)14-10-13(11-15)8-7-12(14)2/h6-10H,4-5H2,1-3H3/b9-6+. The normalized spacial score (nSPS) is 10.4. The Morgan fingerprint density at radius 1 is 1.44 bits per heavy atom. The summed E-state index contributed by atoms with van der Waals surface area (Å²) in [5.74, 6) is 0. The van der Waals surface area contributed by atoms with Gasteiger partial charge in [-0.2, -0.15) is 5.26 Å². The summed E-state index contributed by atoms with van der Waals surface area (Å²) in [6, 6.07) is 7.92. The summed E-state index contributed by atoms with van der Waals surface area (Å²) in [5, 5.41) is 8.86. The third-order valence-corrected chi connectivity index (χ3v) is 2.50. The summed E-state index contributed by atoms with van der Waals surface area (Å²) in [6.07, 6.45) is 6.45. The van der Waals surface area contributed by atoms with Crippen molar-refractivity contribution < 1.29 is 0 Å². The first-order valence-corrected chi connectivity index (χ1v) is 5.59. The fourth-order valence-electron chi connectivity index (χ4n) is 1.54. The summed E-state index contributed by atoms with van der Waals surface area (Å²) >= 11 is 0. The third-order valence-electron chi connectivity index (χ3n) is 2.50. The Kier molecular flexibility index (Phi) is 4.60. The van der Waals surface area contributed by atoms with Crippen LogP contribution in [0.2, 0.25) is 0 Å². The molecule has 0 aliphatic carbocycles. The fourth-order valence-corrected chi connectivity index (χ4v) is 1.54. The summed E-state index contributed by atoms with van der Waals surface area (Å²) in [7, 11) is 2.01. The average molecular weight is 214 g/mol. The van der Waals surface area contributed by atoms with Crippen molar-refractivity contribution in [3.63, 3.8) is 0 Å². The Morgan fingerprint density at radius 2 is 2.19 bits per heavy atom. The minimum atomic E-state index is 0.705. The molecule has 1 aromatic rings. The summed E-state index contributed by atoms with van der Waals surface area (Å²) in [6.45, 7) is 4.21. The second-order valence-electron chi connectivity index (χ2n) is 3.90. The first kappa shape index (κ1) is 12.3. The number of aryl methyl sites for hydroxylation is 1. The van der Waals surface area contributed by atoms with E-state index in [2.05, 4.69) is 37.1 Å². The summed E-state index contributed by atoms with van der Waals surface area (Å²) in [4.78, 5) is 2.06. The number of benzene rings is 1. The lowest BCUT2D eigenvalue weighted by Crippen LogP contribution is -2.09. The van der Waals surface area contributed by atoms with Crippen molar-refractivity contribution in [2.45, 2.75) is 26.7 Å². The number of rotatable bonds is 4. The van der Waals surface area contributed by atoms with Crippen LogP contribution in [0.5, 0.6) is 0 Å². The van der Waals surface area contributed by atoms with E-state index in [0.717, 1.165) is 18.5 Å². The maximum absolute atomic E-state index is 8.86. The van der Waals surface area contributed by atoms with Gasteiger partial charge in [-0.15, -0.1) is 0 Å². The molecule has 0 saturated heterocycles. The Balaban J connectivity index is 2.90. The van der Waals surface area contributed by atoms with E-state index >= 15 is 0 Å². The van der Waals surface area contributed by atoms with Crippen LogP contribution in [0.15, 0.2) is 30.5 Å². The van der Waals surface area contributed by atoms with E-state index in [1.165, 1.54) is 5.56 Å². The molecule has 0 amide bonds. The molecule has 0 radical (unpaired) electrons. The van der Waals surface area contributed by atoms with Gasteiger partial charge in [0.1, 0.15) is 0 Å². The van der Waals surface area contributed by atoms with Gasteiger partial charge in [-0.1, -0.05) is 25.5 Å². The first-order valence-electron chi connectivity index (χ1n) is 5.59. The maximum Gasteiger partial charge on any atom is 0.0992 e. The van der Waals surface area contributed by atoms with Gasteiger partial charge < -0.3 is 4.90 Å². The Bertz CT molecular complexity index is 413. The molecule has 1 rings (SSSR count). The lowest BCUT2D eigenvalue weighted by atomic mass is 10.1. The topological polar surface area (TPSA) is 27.0 Å². The molecule has 0 heterocycles. The van der Waals surface area contributed by atoms with Gasteiger partial charge in [0.05, 0.1) is 11.6 Å². The number of hydrogen-bond acceptors (Lipinski definition) is 2. The highest BCUT2D eigenvalue weighted by Crippen LogP contribution is 2.20.